The van der Waals surface area contributed by atoms with Crippen molar-refractivity contribution in [2.75, 3.05) is 11.8 Å². The molecule has 0 amide bonds. The fourth-order valence-corrected chi connectivity index (χ4v) is 4.89. The molecule has 0 unspecified atom stereocenters. The minimum Gasteiger partial charge on any atom is -0.315 e. The van der Waals surface area contributed by atoms with Gasteiger partial charge in [0.2, 0.25) is 0 Å². The van der Waals surface area contributed by atoms with Crippen LogP contribution in [0.1, 0.15) is 20.9 Å². The van der Waals surface area contributed by atoms with E-state index >= 15 is 0 Å². The second-order valence-electron chi connectivity index (χ2n) is 5.02. The van der Waals surface area contributed by atoms with Gasteiger partial charge in [-0.1, -0.05) is 12.1 Å². The first kappa shape index (κ1) is 16.0. The van der Waals surface area contributed by atoms with Crippen LogP contribution in [0.4, 0.5) is 5.69 Å². The predicted octanol–water partition coefficient (Wildman–Crippen LogP) is 3.19. The fourth-order valence-electron chi connectivity index (χ4n) is 2.11. The second-order valence-corrected chi connectivity index (χ2v) is 8.01. The first-order valence-corrected chi connectivity index (χ1v) is 8.98. The van der Waals surface area contributed by atoms with E-state index in [0.717, 1.165) is 20.9 Å². The minimum atomic E-state index is -3.55. The average molecular weight is 324 g/mol. The lowest BCUT2D eigenvalue weighted by Gasteiger charge is -2.11. The summed E-state index contributed by atoms with van der Waals surface area (Å²) in [6.07, 6.45) is 0. The third-order valence-corrected chi connectivity index (χ3v) is 6.08. The van der Waals surface area contributed by atoms with E-state index in [-0.39, 0.29) is 0 Å². The van der Waals surface area contributed by atoms with Crippen LogP contribution in [0, 0.1) is 20.8 Å². The SMILES string of the molecule is CNCc1cc(S(=O)(=O)Nc2cccc(C)c2C)c(C)s1. The first-order valence-electron chi connectivity index (χ1n) is 6.68. The monoisotopic (exact) mass is 324 g/mol. The predicted molar refractivity (Wildman–Crippen MR) is 88.5 cm³/mol. The highest BCUT2D eigenvalue weighted by molar-refractivity contribution is 7.93. The van der Waals surface area contributed by atoms with Crippen LogP contribution < -0.4 is 10.0 Å². The largest absolute Gasteiger partial charge is 0.315 e. The zero-order valence-corrected chi connectivity index (χ0v) is 14.3. The maximum absolute atomic E-state index is 12.6. The number of thiophene rings is 1. The van der Waals surface area contributed by atoms with E-state index in [1.807, 2.05) is 40.0 Å². The molecule has 0 aliphatic rings. The molecule has 0 fully saturated rings. The molecule has 2 rings (SSSR count). The molecule has 0 saturated heterocycles. The Kier molecular flexibility index (Phi) is 4.70. The van der Waals surface area contributed by atoms with Crippen LogP contribution >= 0.6 is 11.3 Å². The molecule has 114 valence electrons. The van der Waals surface area contributed by atoms with E-state index in [4.69, 9.17) is 0 Å². The van der Waals surface area contributed by atoms with Gasteiger partial charge in [-0.15, -0.1) is 11.3 Å². The van der Waals surface area contributed by atoms with Crippen molar-refractivity contribution in [2.45, 2.75) is 32.2 Å². The topological polar surface area (TPSA) is 58.2 Å². The zero-order chi connectivity index (χ0) is 15.6. The van der Waals surface area contributed by atoms with Crippen LogP contribution in [0.25, 0.3) is 0 Å². The molecule has 2 aromatic rings. The summed E-state index contributed by atoms with van der Waals surface area (Å²) in [6.45, 7) is 6.39. The van der Waals surface area contributed by atoms with Gasteiger partial charge in [0.25, 0.3) is 10.0 Å². The van der Waals surface area contributed by atoms with Crippen LogP contribution in [0.2, 0.25) is 0 Å². The molecule has 4 nitrogen and oxygen atoms in total. The Morgan fingerprint density at radius 3 is 2.57 bits per heavy atom. The number of aryl methyl sites for hydroxylation is 2. The van der Waals surface area contributed by atoms with E-state index < -0.39 is 10.0 Å². The first-order chi connectivity index (χ1) is 9.85. The molecule has 0 spiro atoms. The number of sulfonamides is 1. The van der Waals surface area contributed by atoms with Crippen molar-refractivity contribution in [1.29, 1.82) is 0 Å². The van der Waals surface area contributed by atoms with Crippen molar-refractivity contribution < 1.29 is 8.42 Å². The highest BCUT2D eigenvalue weighted by Crippen LogP contribution is 2.28. The number of anilines is 1. The smallest absolute Gasteiger partial charge is 0.263 e. The van der Waals surface area contributed by atoms with E-state index in [1.54, 1.807) is 12.1 Å². The molecule has 0 saturated carbocycles. The van der Waals surface area contributed by atoms with Crippen molar-refractivity contribution in [2.24, 2.45) is 0 Å². The minimum absolute atomic E-state index is 0.360. The highest BCUT2D eigenvalue weighted by atomic mass is 32.2. The Balaban J connectivity index is 2.36. The molecule has 1 aromatic carbocycles. The molecule has 0 radical (unpaired) electrons. The van der Waals surface area contributed by atoms with Gasteiger partial charge < -0.3 is 5.32 Å². The third-order valence-electron chi connectivity index (χ3n) is 3.41. The maximum atomic E-state index is 12.6. The molecule has 0 aliphatic heterocycles. The molecule has 1 aromatic heterocycles. The van der Waals surface area contributed by atoms with Crippen LogP contribution in [-0.2, 0) is 16.6 Å². The van der Waals surface area contributed by atoms with Crippen LogP contribution in [-0.4, -0.2) is 15.5 Å². The Labute approximate surface area is 130 Å². The van der Waals surface area contributed by atoms with E-state index in [9.17, 15) is 8.42 Å². The second kappa shape index (κ2) is 6.17. The van der Waals surface area contributed by atoms with Crippen LogP contribution in [0.5, 0.6) is 0 Å². The quantitative estimate of drug-likeness (QED) is 0.888. The maximum Gasteiger partial charge on any atom is 0.263 e. The summed E-state index contributed by atoms with van der Waals surface area (Å²) in [6, 6.07) is 7.35. The Hall–Kier alpha value is -1.37. The van der Waals surface area contributed by atoms with Gasteiger partial charge in [0.05, 0.1) is 5.69 Å². The van der Waals surface area contributed by atoms with E-state index in [2.05, 4.69) is 10.0 Å². The van der Waals surface area contributed by atoms with Crippen molar-refractivity contribution in [3.05, 3.63) is 45.1 Å². The standard InChI is InChI=1S/C15H20N2O2S2/c1-10-6-5-7-14(11(10)2)17-21(18,19)15-8-13(9-16-4)20-12(15)3/h5-8,16-17H,9H2,1-4H3. The summed E-state index contributed by atoms with van der Waals surface area (Å²) in [4.78, 5) is 2.17. The van der Waals surface area contributed by atoms with Gasteiger partial charge in [0.1, 0.15) is 4.90 Å². The molecular weight excluding hydrogens is 304 g/mol. The van der Waals surface area contributed by atoms with Crippen LogP contribution in [0.15, 0.2) is 29.2 Å². The summed E-state index contributed by atoms with van der Waals surface area (Å²) < 4.78 is 27.9. The highest BCUT2D eigenvalue weighted by Gasteiger charge is 2.20. The number of rotatable bonds is 5. The molecule has 0 atom stereocenters. The average Bonchev–Trinajstić information content (AvgIpc) is 2.77. The molecule has 2 N–H and O–H groups in total. The van der Waals surface area contributed by atoms with Gasteiger partial charge in [-0.3, -0.25) is 4.72 Å². The van der Waals surface area contributed by atoms with Gasteiger partial charge in [-0.05, 0) is 51.1 Å². The van der Waals surface area contributed by atoms with Crippen LogP contribution in [0.3, 0.4) is 0 Å². The van der Waals surface area contributed by atoms with Gasteiger partial charge in [-0.25, -0.2) is 8.42 Å². The number of nitrogens with one attached hydrogen (secondary N) is 2. The Morgan fingerprint density at radius 1 is 1.19 bits per heavy atom. The molecular formula is C15H20N2O2S2. The molecule has 1 heterocycles. The molecule has 0 bridgehead atoms. The summed E-state index contributed by atoms with van der Waals surface area (Å²) >= 11 is 1.50. The number of benzene rings is 1. The zero-order valence-electron chi connectivity index (χ0n) is 12.6. The van der Waals surface area contributed by atoms with Crippen molar-refractivity contribution in [1.82, 2.24) is 5.32 Å². The Bertz CT molecular complexity index is 749. The number of hydrogen-bond acceptors (Lipinski definition) is 4. The van der Waals surface area contributed by atoms with E-state index in [1.165, 1.54) is 11.3 Å². The molecule has 0 aliphatic carbocycles. The third kappa shape index (κ3) is 3.45. The molecule has 21 heavy (non-hydrogen) atoms. The van der Waals surface area contributed by atoms with Gasteiger partial charge in [0, 0.05) is 16.3 Å². The summed E-state index contributed by atoms with van der Waals surface area (Å²) in [7, 11) is -1.70. The lowest BCUT2D eigenvalue weighted by Crippen LogP contribution is -2.14. The summed E-state index contributed by atoms with van der Waals surface area (Å²) in [5.41, 5.74) is 2.65. The van der Waals surface area contributed by atoms with E-state index in [0.29, 0.717) is 17.1 Å². The normalized spacial score (nSPS) is 11.6. The van der Waals surface area contributed by atoms with Crippen molar-refractivity contribution >= 4 is 27.0 Å². The van der Waals surface area contributed by atoms with Gasteiger partial charge in [0.15, 0.2) is 0 Å². The Morgan fingerprint density at radius 2 is 1.90 bits per heavy atom. The van der Waals surface area contributed by atoms with Crippen molar-refractivity contribution in [3.8, 4) is 0 Å². The summed E-state index contributed by atoms with van der Waals surface area (Å²) in [5, 5.41) is 3.04. The lowest BCUT2D eigenvalue weighted by atomic mass is 10.1. The van der Waals surface area contributed by atoms with Gasteiger partial charge >= 0.3 is 0 Å². The van der Waals surface area contributed by atoms with Gasteiger partial charge in [-0.2, -0.15) is 0 Å². The summed E-state index contributed by atoms with van der Waals surface area (Å²) in [5.74, 6) is 0. The molecule has 6 heteroatoms. The lowest BCUT2D eigenvalue weighted by molar-refractivity contribution is 0.601. The fraction of sp³-hybridized carbons (Fsp3) is 0.333. The van der Waals surface area contributed by atoms with Crippen molar-refractivity contribution in [3.63, 3.8) is 0 Å². The number of hydrogen-bond donors (Lipinski definition) is 2.